The largest absolute Gasteiger partial charge is 0.399 e. The number of anilines is 1. The average molecular weight is 279 g/mol. The van der Waals surface area contributed by atoms with Crippen molar-refractivity contribution in [3.63, 3.8) is 0 Å². The molecule has 5 heteroatoms. The van der Waals surface area contributed by atoms with Crippen molar-refractivity contribution in [2.24, 2.45) is 0 Å². The van der Waals surface area contributed by atoms with Crippen LogP contribution in [0.1, 0.15) is 11.1 Å². The Hall–Kier alpha value is -1.88. The number of nitrogen functional groups attached to an aromatic ring is 1. The first-order valence-corrected chi connectivity index (χ1v) is 7.37. The number of hydrogen-bond acceptors (Lipinski definition) is 3. The third kappa shape index (κ3) is 2.93. The van der Waals surface area contributed by atoms with Crippen LogP contribution in [0.15, 0.2) is 47.4 Å². The molecule has 2 N–H and O–H groups in total. The molecule has 2 aromatic carbocycles. The lowest BCUT2D eigenvalue weighted by atomic mass is 10.1. The van der Waals surface area contributed by atoms with Crippen molar-refractivity contribution in [1.29, 1.82) is 0 Å². The fraction of sp³-hybridized carbons (Fsp3) is 0.143. The molecule has 0 saturated carbocycles. The monoisotopic (exact) mass is 279 g/mol. The molecule has 0 aliphatic carbocycles. The lowest BCUT2D eigenvalue weighted by molar-refractivity contribution is 0.594. The van der Waals surface area contributed by atoms with Crippen LogP contribution < -0.4 is 5.73 Å². The van der Waals surface area contributed by atoms with Crippen molar-refractivity contribution >= 4 is 15.5 Å². The first kappa shape index (κ1) is 13.5. The Kier molecular flexibility index (Phi) is 3.57. The number of nitrogens with two attached hydrogens (primary N) is 1. The molecule has 0 fully saturated rings. The SMILES string of the molecule is Cc1c(N)cccc1CS(=O)(=O)c1ccc(F)cc1. The Labute approximate surface area is 111 Å². The van der Waals surface area contributed by atoms with Gasteiger partial charge in [0.05, 0.1) is 10.6 Å². The number of sulfone groups is 1. The zero-order chi connectivity index (χ0) is 14.0. The molecule has 19 heavy (non-hydrogen) atoms. The van der Waals surface area contributed by atoms with Gasteiger partial charge in [-0.05, 0) is 48.4 Å². The Morgan fingerprint density at radius 2 is 1.74 bits per heavy atom. The highest BCUT2D eigenvalue weighted by Crippen LogP contribution is 2.22. The van der Waals surface area contributed by atoms with Crippen LogP contribution in [-0.2, 0) is 15.6 Å². The van der Waals surface area contributed by atoms with Crippen molar-refractivity contribution in [2.75, 3.05) is 5.73 Å². The number of rotatable bonds is 3. The second-order valence-corrected chi connectivity index (χ2v) is 6.33. The van der Waals surface area contributed by atoms with Gasteiger partial charge in [0.15, 0.2) is 9.84 Å². The normalized spacial score (nSPS) is 11.5. The number of benzene rings is 2. The Bertz CT molecular complexity index is 694. The maximum absolute atomic E-state index is 12.8. The lowest BCUT2D eigenvalue weighted by Crippen LogP contribution is -2.07. The zero-order valence-corrected chi connectivity index (χ0v) is 11.2. The van der Waals surface area contributed by atoms with Crippen LogP contribution in [0.2, 0.25) is 0 Å². The molecule has 2 rings (SSSR count). The standard InChI is InChI=1S/C14H14FNO2S/c1-10-11(3-2-4-14(10)16)9-19(17,18)13-7-5-12(15)6-8-13/h2-8H,9,16H2,1H3. The summed E-state index contributed by atoms with van der Waals surface area (Å²) in [5.74, 6) is -0.603. The van der Waals surface area contributed by atoms with Gasteiger partial charge in [-0.1, -0.05) is 12.1 Å². The minimum atomic E-state index is -3.49. The molecule has 0 heterocycles. The van der Waals surface area contributed by atoms with Gasteiger partial charge < -0.3 is 5.73 Å². The molecule has 3 nitrogen and oxygen atoms in total. The Morgan fingerprint density at radius 3 is 2.37 bits per heavy atom. The molecule has 0 aliphatic rings. The van der Waals surface area contributed by atoms with Crippen LogP contribution in [-0.4, -0.2) is 8.42 Å². The van der Waals surface area contributed by atoms with E-state index in [0.29, 0.717) is 11.3 Å². The molecule has 100 valence electrons. The number of hydrogen-bond donors (Lipinski definition) is 1. The smallest absolute Gasteiger partial charge is 0.182 e. The fourth-order valence-corrected chi connectivity index (χ4v) is 3.23. The van der Waals surface area contributed by atoms with Gasteiger partial charge in [0.2, 0.25) is 0 Å². The van der Waals surface area contributed by atoms with E-state index in [9.17, 15) is 12.8 Å². The predicted octanol–water partition coefficient (Wildman–Crippen LogP) is 2.69. The molecule has 0 aliphatic heterocycles. The summed E-state index contributed by atoms with van der Waals surface area (Å²) in [6, 6.07) is 9.99. The molecule has 0 amide bonds. The average Bonchev–Trinajstić information content (AvgIpc) is 2.35. The molecular weight excluding hydrogens is 265 g/mol. The molecular formula is C14H14FNO2S. The zero-order valence-electron chi connectivity index (χ0n) is 10.4. The van der Waals surface area contributed by atoms with Crippen LogP contribution in [0.4, 0.5) is 10.1 Å². The first-order chi connectivity index (χ1) is 8.90. The Balaban J connectivity index is 2.36. The van der Waals surface area contributed by atoms with E-state index in [1.54, 1.807) is 25.1 Å². The van der Waals surface area contributed by atoms with E-state index >= 15 is 0 Å². The first-order valence-electron chi connectivity index (χ1n) is 5.72. The van der Waals surface area contributed by atoms with Gasteiger partial charge in [-0.15, -0.1) is 0 Å². The van der Waals surface area contributed by atoms with Gasteiger partial charge in [-0.25, -0.2) is 12.8 Å². The highest BCUT2D eigenvalue weighted by molar-refractivity contribution is 7.90. The van der Waals surface area contributed by atoms with Crippen molar-refractivity contribution < 1.29 is 12.8 Å². The second kappa shape index (κ2) is 5.01. The van der Waals surface area contributed by atoms with Gasteiger partial charge in [-0.2, -0.15) is 0 Å². The molecule has 0 aromatic heterocycles. The van der Waals surface area contributed by atoms with E-state index in [1.807, 2.05) is 0 Å². The summed E-state index contributed by atoms with van der Waals surface area (Å²) in [6.45, 7) is 1.78. The summed E-state index contributed by atoms with van der Waals surface area (Å²) < 4.78 is 37.2. The van der Waals surface area contributed by atoms with Crippen LogP contribution in [0, 0.1) is 12.7 Å². The van der Waals surface area contributed by atoms with Gasteiger partial charge in [-0.3, -0.25) is 0 Å². The number of halogens is 1. The van der Waals surface area contributed by atoms with E-state index in [4.69, 9.17) is 5.73 Å². The summed E-state index contributed by atoms with van der Waals surface area (Å²) >= 11 is 0. The van der Waals surface area contributed by atoms with Crippen molar-refractivity contribution in [2.45, 2.75) is 17.6 Å². The minimum absolute atomic E-state index is 0.107. The van der Waals surface area contributed by atoms with Crippen molar-refractivity contribution in [1.82, 2.24) is 0 Å². The van der Waals surface area contributed by atoms with E-state index in [2.05, 4.69) is 0 Å². The van der Waals surface area contributed by atoms with Gasteiger partial charge in [0, 0.05) is 5.69 Å². The fourth-order valence-electron chi connectivity index (χ4n) is 1.79. The van der Waals surface area contributed by atoms with E-state index < -0.39 is 15.7 Å². The van der Waals surface area contributed by atoms with E-state index in [0.717, 1.165) is 17.7 Å². The van der Waals surface area contributed by atoms with Crippen molar-refractivity contribution in [3.05, 3.63) is 59.4 Å². The third-order valence-electron chi connectivity index (χ3n) is 3.01. The third-order valence-corrected chi connectivity index (χ3v) is 4.69. The molecule has 0 saturated heterocycles. The van der Waals surface area contributed by atoms with Gasteiger partial charge >= 0.3 is 0 Å². The topological polar surface area (TPSA) is 60.2 Å². The van der Waals surface area contributed by atoms with Crippen molar-refractivity contribution in [3.8, 4) is 0 Å². The highest BCUT2D eigenvalue weighted by Gasteiger charge is 2.17. The lowest BCUT2D eigenvalue weighted by Gasteiger charge is -2.09. The van der Waals surface area contributed by atoms with Crippen LogP contribution in [0.25, 0.3) is 0 Å². The van der Waals surface area contributed by atoms with E-state index in [-0.39, 0.29) is 10.6 Å². The molecule has 2 aromatic rings. The summed E-state index contributed by atoms with van der Waals surface area (Å²) in [5, 5.41) is 0. The molecule has 0 unspecified atom stereocenters. The maximum Gasteiger partial charge on any atom is 0.182 e. The van der Waals surface area contributed by atoms with Gasteiger partial charge in [0.25, 0.3) is 0 Å². The maximum atomic E-state index is 12.8. The molecule has 0 radical (unpaired) electrons. The minimum Gasteiger partial charge on any atom is -0.399 e. The summed E-state index contributed by atoms with van der Waals surface area (Å²) in [5.41, 5.74) is 7.73. The van der Waals surface area contributed by atoms with Gasteiger partial charge in [0.1, 0.15) is 5.82 Å². The van der Waals surface area contributed by atoms with Crippen LogP contribution in [0.5, 0.6) is 0 Å². The molecule has 0 atom stereocenters. The predicted molar refractivity (Wildman–Crippen MR) is 72.9 cm³/mol. The second-order valence-electron chi connectivity index (χ2n) is 4.34. The van der Waals surface area contributed by atoms with Crippen LogP contribution >= 0.6 is 0 Å². The Morgan fingerprint density at radius 1 is 1.11 bits per heavy atom. The summed E-state index contributed by atoms with van der Waals surface area (Å²) in [7, 11) is -3.49. The summed E-state index contributed by atoms with van der Waals surface area (Å²) in [4.78, 5) is 0.107. The van der Waals surface area contributed by atoms with Crippen LogP contribution in [0.3, 0.4) is 0 Å². The quantitative estimate of drug-likeness (QED) is 0.694. The van der Waals surface area contributed by atoms with E-state index in [1.165, 1.54) is 12.1 Å². The molecule has 0 bridgehead atoms. The highest BCUT2D eigenvalue weighted by atomic mass is 32.2. The molecule has 0 spiro atoms. The summed E-state index contributed by atoms with van der Waals surface area (Å²) in [6.07, 6.45) is 0.